The Labute approximate surface area is 99.1 Å². The number of carbonyl (C=O) groups excluding carboxylic acids is 1. The molecule has 0 fully saturated rings. The standard InChI is InChI=1S/C11H18O6/c1-5(9(15)11(2,3)4-12)8-6(13)7(14)10(16)17-8/h5,8-9,12-15H,4H2,1-3H3/t5-,8-,9+/m1/s1. The summed E-state index contributed by atoms with van der Waals surface area (Å²) < 4.78 is 4.75. The summed E-state index contributed by atoms with van der Waals surface area (Å²) in [7, 11) is 0. The van der Waals surface area contributed by atoms with Gasteiger partial charge < -0.3 is 25.2 Å². The molecular formula is C11H18O6. The van der Waals surface area contributed by atoms with E-state index >= 15 is 0 Å². The lowest BCUT2D eigenvalue weighted by molar-refractivity contribution is -0.148. The summed E-state index contributed by atoms with van der Waals surface area (Å²) in [6.07, 6.45) is -2.08. The van der Waals surface area contributed by atoms with E-state index in [-0.39, 0.29) is 6.61 Å². The highest BCUT2D eigenvalue weighted by molar-refractivity contribution is 5.89. The van der Waals surface area contributed by atoms with Crippen LogP contribution in [0.1, 0.15) is 20.8 Å². The average Bonchev–Trinajstić information content (AvgIpc) is 2.55. The Morgan fingerprint density at radius 1 is 1.41 bits per heavy atom. The van der Waals surface area contributed by atoms with Gasteiger partial charge in [0.2, 0.25) is 5.76 Å². The molecule has 0 bridgehead atoms. The molecule has 98 valence electrons. The minimum absolute atomic E-state index is 0.254. The zero-order valence-electron chi connectivity index (χ0n) is 10.0. The number of ether oxygens (including phenoxy) is 1. The van der Waals surface area contributed by atoms with Crippen molar-refractivity contribution < 1.29 is 30.0 Å². The zero-order valence-corrected chi connectivity index (χ0v) is 10.0. The SMILES string of the molecule is C[C@H]([C@H]1OC(=O)C(O)=C1O)[C@H](O)C(C)(C)CO. The van der Waals surface area contributed by atoms with Crippen molar-refractivity contribution in [3.05, 3.63) is 11.5 Å². The predicted molar refractivity (Wildman–Crippen MR) is 58.2 cm³/mol. The van der Waals surface area contributed by atoms with Crippen LogP contribution in [0.4, 0.5) is 0 Å². The van der Waals surface area contributed by atoms with Gasteiger partial charge in [-0.2, -0.15) is 0 Å². The van der Waals surface area contributed by atoms with Gasteiger partial charge in [-0.1, -0.05) is 20.8 Å². The molecule has 0 aromatic rings. The number of hydrogen-bond acceptors (Lipinski definition) is 6. The number of aliphatic hydroxyl groups is 4. The van der Waals surface area contributed by atoms with Gasteiger partial charge in [0.25, 0.3) is 0 Å². The second-order valence-electron chi connectivity index (χ2n) is 5.01. The van der Waals surface area contributed by atoms with Crippen molar-refractivity contribution in [2.24, 2.45) is 11.3 Å². The third kappa shape index (κ3) is 2.37. The molecule has 0 radical (unpaired) electrons. The van der Waals surface area contributed by atoms with Gasteiger partial charge in [0.1, 0.15) is 0 Å². The van der Waals surface area contributed by atoms with Crippen LogP contribution in [0.3, 0.4) is 0 Å². The first-order chi connectivity index (χ1) is 7.72. The van der Waals surface area contributed by atoms with Crippen molar-refractivity contribution in [1.82, 2.24) is 0 Å². The highest BCUT2D eigenvalue weighted by Gasteiger charge is 2.44. The van der Waals surface area contributed by atoms with Crippen molar-refractivity contribution in [3.63, 3.8) is 0 Å². The van der Waals surface area contributed by atoms with Gasteiger partial charge in [-0.3, -0.25) is 0 Å². The highest BCUT2D eigenvalue weighted by Crippen LogP contribution is 2.33. The monoisotopic (exact) mass is 246 g/mol. The topological polar surface area (TPSA) is 107 Å². The molecule has 0 aliphatic carbocycles. The largest absolute Gasteiger partial charge is 0.505 e. The molecule has 17 heavy (non-hydrogen) atoms. The molecule has 1 aliphatic heterocycles. The van der Waals surface area contributed by atoms with Crippen molar-refractivity contribution >= 4 is 5.97 Å². The molecule has 6 heteroatoms. The summed E-state index contributed by atoms with van der Waals surface area (Å²) in [5.41, 5.74) is -0.801. The lowest BCUT2D eigenvalue weighted by atomic mass is 9.78. The minimum Gasteiger partial charge on any atom is -0.505 e. The van der Waals surface area contributed by atoms with Crippen LogP contribution >= 0.6 is 0 Å². The fourth-order valence-corrected chi connectivity index (χ4v) is 1.79. The Morgan fingerprint density at radius 2 is 1.94 bits per heavy atom. The molecule has 1 rings (SSSR count). The van der Waals surface area contributed by atoms with Crippen LogP contribution in [0.25, 0.3) is 0 Å². The summed E-state index contributed by atoms with van der Waals surface area (Å²) >= 11 is 0. The van der Waals surface area contributed by atoms with Crippen molar-refractivity contribution in [2.75, 3.05) is 6.61 Å². The van der Waals surface area contributed by atoms with Crippen LogP contribution in [0.2, 0.25) is 0 Å². The summed E-state index contributed by atoms with van der Waals surface area (Å²) in [5, 5.41) is 37.8. The number of carbonyl (C=O) groups is 1. The van der Waals surface area contributed by atoms with Crippen LogP contribution in [0.5, 0.6) is 0 Å². The van der Waals surface area contributed by atoms with Crippen LogP contribution in [-0.2, 0) is 9.53 Å². The smallest absolute Gasteiger partial charge is 0.377 e. The summed E-state index contributed by atoms with van der Waals surface area (Å²) in [5.74, 6) is -3.05. The third-order valence-corrected chi connectivity index (χ3v) is 3.12. The molecule has 0 saturated heterocycles. The lowest BCUT2D eigenvalue weighted by Crippen LogP contribution is -2.43. The summed E-state index contributed by atoms with van der Waals surface area (Å²) in [4.78, 5) is 11.0. The molecule has 0 aromatic heterocycles. The molecule has 0 aromatic carbocycles. The number of rotatable bonds is 4. The average molecular weight is 246 g/mol. The van der Waals surface area contributed by atoms with Gasteiger partial charge >= 0.3 is 5.97 Å². The van der Waals surface area contributed by atoms with E-state index in [9.17, 15) is 15.0 Å². The Morgan fingerprint density at radius 3 is 2.29 bits per heavy atom. The normalized spacial score (nSPS) is 24.8. The molecule has 0 unspecified atom stereocenters. The molecule has 1 heterocycles. The quantitative estimate of drug-likeness (QED) is 0.530. The number of esters is 1. The van der Waals surface area contributed by atoms with E-state index in [0.29, 0.717) is 0 Å². The molecule has 0 spiro atoms. The van der Waals surface area contributed by atoms with Crippen molar-refractivity contribution in [2.45, 2.75) is 33.0 Å². The maximum Gasteiger partial charge on any atom is 0.377 e. The van der Waals surface area contributed by atoms with Crippen LogP contribution < -0.4 is 0 Å². The molecule has 1 aliphatic rings. The Bertz CT molecular complexity index is 346. The van der Waals surface area contributed by atoms with E-state index in [2.05, 4.69) is 0 Å². The Kier molecular flexibility index (Phi) is 3.68. The second-order valence-corrected chi connectivity index (χ2v) is 5.01. The molecule has 6 nitrogen and oxygen atoms in total. The third-order valence-electron chi connectivity index (χ3n) is 3.12. The first-order valence-corrected chi connectivity index (χ1v) is 5.34. The van der Waals surface area contributed by atoms with Gasteiger partial charge in [0.05, 0.1) is 12.7 Å². The van der Waals surface area contributed by atoms with E-state index in [1.807, 2.05) is 0 Å². The molecule has 0 amide bonds. The molecule has 0 saturated carbocycles. The summed E-state index contributed by atoms with van der Waals surface area (Å²) in [6, 6.07) is 0. The molecule has 3 atom stereocenters. The summed E-state index contributed by atoms with van der Waals surface area (Å²) in [6.45, 7) is 4.60. The van der Waals surface area contributed by atoms with E-state index in [1.165, 1.54) is 0 Å². The second kappa shape index (κ2) is 4.54. The van der Waals surface area contributed by atoms with E-state index in [4.69, 9.17) is 14.9 Å². The fourth-order valence-electron chi connectivity index (χ4n) is 1.79. The van der Waals surface area contributed by atoms with Crippen LogP contribution in [0, 0.1) is 11.3 Å². The molecule has 4 N–H and O–H groups in total. The Balaban J connectivity index is 2.86. The van der Waals surface area contributed by atoms with Crippen LogP contribution in [-0.4, -0.2) is 45.2 Å². The number of cyclic esters (lactones) is 1. The fraction of sp³-hybridized carbons (Fsp3) is 0.727. The maximum absolute atomic E-state index is 11.0. The van der Waals surface area contributed by atoms with E-state index in [1.54, 1.807) is 20.8 Å². The predicted octanol–water partition coefficient (Wildman–Crippen LogP) is 0.255. The number of hydrogen-bond donors (Lipinski definition) is 4. The lowest BCUT2D eigenvalue weighted by Gasteiger charge is -2.34. The first-order valence-electron chi connectivity index (χ1n) is 5.34. The van der Waals surface area contributed by atoms with Gasteiger partial charge in [0, 0.05) is 11.3 Å². The van der Waals surface area contributed by atoms with Gasteiger partial charge in [-0.15, -0.1) is 0 Å². The zero-order chi connectivity index (χ0) is 13.4. The minimum atomic E-state index is -1.08. The Hall–Kier alpha value is -1.27. The number of aliphatic hydroxyl groups excluding tert-OH is 4. The van der Waals surface area contributed by atoms with E-state index < -0.39 is 41.0 Å². The van der Waals surface area contributed by atoms with Crippen molar-refractivity contribution in [3.8, 4) is 0 Å². The van der Waals surface area contributed by atoms with Crippen LogP contribution in [0.15, 0.2) is 11.5 Å². The van der Waals surface area contributed by atoms with Gasteiger partial charge in [-0.25, -0.2) is 4.79 Å². The van der Waals surface area contributed by atoms with E-state index in [0.717, 1.165) is 0 Å². The van der Waals surface area contributed by atoms with Gasteiger partial charge in [0.15, 0.2) is 11.9 Å². The van der Waals surface area contributed by atoms with Crippen molar-refractivity contribution in [1.29, 1.82) is 0 Å². The molecular weight excluding hydrogens is 228 g/mol. The maximum atomic E-state index is 11.0. The highest BCUT2D eigenvalue weighted by atomic mass is 16.6. The van der Waals surface area contributed by atoms with Gasteiger partial charge in [-0.05, 0) is 0 Å². The first kappa shape index (κ1) is 13.8.